The zero-order valence-corrected chi connectivity index (χ0v) is 14.7. The molecule has 0 aliphatic rings. The summed E-state index contributed by atoms with van der Waals surface area (Å²) in [5, 5.41) is 0. The van der Waals surface area contributed by atoms with E-state index in [0.29, 0.717) is 19.5 Å². The number of carbonyl (C=O) groups is 1. The molecule has 2 heterocycles. The van der Waals surface area contributed by atoms with Crippen LogP contribution in [0.4, 0.5) is 4.39 Å². The number of hydrogen-bond donors (Lipinski definition) is 0. The van der Waals surface area contributed by atoms with E-state index >= 15 is 0 Å². The van der Waals surface area contributed by atoms with Gasteiger partial charge in [0.25, 0.3) is 0 Å². The van der Waals surface area contributed by atoms with Crippen LogP contribution in [-0.4, -0.2) is 31.9 Å². The third-order valence-corrected chi connectivity index (χ3v) is 4.12. The fraction of sp³-hybridized carbons (Fsp3) is 0.200. The van der Waals surface area contributed by atoms with Gasteiger partial charge in [0.05, 0.1) is 0 Å². The molecule has 1 aromatic carbocycles. The quantitative estimate of drug-likeness (QED) is 0.642. The highest BCUT2D eigenvalue weighted by molar-refractivity contribution is 5.76. The molecule has 0 aliphatic carbocycles. The zero-order valence-electron chi connectivity index (χ0n) is 14.7. The van der Waals surface area contributed by atoms with E-state index in [2.05, 4.69) is 9.97 Å². The lowest BCUT2D eigenvalue weighted by atomic mass is 10.1. The Balaban J connectivity index is 1.73. The lowest BCUT2D eigenvalue weighted by Crippen LogP contribution is -2.37. The lowest BCUT2D eigenvalue weighted by Gasteiger charge is -2.23. The molecule has 0 atom stereocenters. The highest BCUT2D eigenvalue weighted by Crippen LogP contribution is 2.09. The molecule has 0 radical (unpaired) electrons. The Bertz CT molecular complexity index is 942. The third kappa shape index (κ3) is 5.31. The fourth-order valence-electron chi connectivity index (χ4n) is 2.67. The first-order valence-electron chi connectivity index (χ1n) is 8.54. The van der Waals surface area contributed by atoms with Gasteiger partial charge in [0.15, 0.2) is 0 Å². The van der Waals surface area contributed by atoms with Crippen molar-refractivity contribution in [2.24, 2.45) is 0 Å². The summed E-state index contributed by atoms with van der Waals surface area (Å²) in [6.07, 6.45) is 6.88. The summed E-state index contributed by atoms with van der Waals surface area (Å²) < 4.78 is 14.3. The number of halogens is 1. The van der Waals surface area contributed by atoms with Gasteiger partial charge >= 0.3 is 5.69 Å². The zero-order chi connectivity index (χ0) is 19.1. The monoisotopic (exact) mass is 366 g/mol. The smallest absolute Gasteiger partial charge is 0.336 e. The van der Waals surface area contributed by atoms with Gasteiger partial charge in [-0.25, -0.2) is 14.2 Å². The molecule has 1 amide bonds. The number of amides is 1. The minimum absolute atomic E-state index is 0.0870. The fourth-order valence-corrected chi connectivity index (χ4v) is 2.67. The maximum absolute atomic E-state index is 13.1. The number of hydrogen-bond acceptors (Lipinski definition) is 4. The van der Waals surface area contributed by atoms with Crippen molar-refractivity contribution in [1.29, 1.82) is 0 Å². The summed E-state index contributed by atoms with van der Waals surface area (Å²) in [6, 6.07) is 11.5. The van der Waals surface area contributed by atoms with Gasteiger partial charge in [-0.2, -0.15) is 0 Å². The third-order valence-electron chi connectivity index (χ3n) is 4.12. The van der Waals surface area contributed by atoms with E-state index in [1.165, 1.54) is 29.1 Å². The summed E-state index contributed by atoms with van der Waals surface area (Å²) in [5.41, 5.74) is 1.35. The number of carbonyl (C=O) groups excluding carboxylic acids is 1. The maximum atomic E-state index is 13.1. The summed E-state index contributed by atoms with van der Waals surface area (Å²) >= 11 is 0. The van der Waals surface area contributed by atoms with Crippen LogP contribution in [0.2, 0.25) is 0 Å². The van der Waals surface area contributed by atoms with Gasteiger partial charge in [0.1, 0.15) is 12.4 Å². The SMILES string of the molecule is O=C(Cn1cccnc1=O)N(CCc1ccc(F)cc1)Cc1cccnc1. The van der Waals surface area contributed by atoms with E-state index in [-0.39, 0.29) is 18.3 Å². The van der Waals surface area contributed by atoms with E-state index in [0.717, 1.165) is 11.1 Å². The molecule has 3 rings (SSSR count). The molecule has 0 fully saturated rings. The Labute approximate surface area is 155 Å². The lowest BCUT2D eigenvalue weighted by molar-refractivity contribution is -0.132. The molecule has 2 aromatic heterocycles. The molecule has 0 aliphatic heterocycles. The van der Waals surface area contributed by atoms with Gasteiger partial charge in [-0.05, 0) is 41.8 Å². The van der Waals surface area contributed by atoms with Gasteiger partial charge in [-0.1, -0.05) is 18.2 Å². The number of pyridine rings is 1. The van der Waals surface area contributed by atoms with Crippen LogP contribution in [0, 0.1) is 5.82 Å². The Morgan fingerprint density at radius 3 is 2.59 bits per heavy atom. The molecular weight excluding hydrogens is 347 g/mol. The first-order valence-corrected chi connectivity index (χ1v) is 8.54. The van der Waals surface area contributed by atoms with Crippen molar-refractivity contribution in [3.8, 4) is 0 Å². The molecule has 0 N–H and O–H groups in total. The van der Waals surface area contributed by atoms with Crippen molar-refractivity contribution in [1.82, 2.24) is 19.4 Å². The highest BCUT2D eigenvalue weighted by Gasteiger charge is 2.15. The van der Waals surface area contributed by atoms with Gasteiger partial charge in [0, 0.05) is 37.9 Å². The summed E-state index contributed by atoms with van der Waals surface area (Å²) in [4.78, 5) is 34.0. The van der Waals surface area contributed by atoms with E-state index in [9.17, 15) is 14.0 Å². The minimum atomic E-state index is -0.467. The summed E-state index contributed by atoms with van der Waals surface area (Å²) in [5.74, 6) is -0.492. The first kappa shape index (κ1) is 18.4. The Morgan fingerprint density at radius 2 is 1.89 bits per heavy atom. The molecule has 6 nitrogen and oxygen atoms in total. The van der Waals surface area contributed by atoms with Crippen molar-refractivity contribution in [3.05, 3.63) is 94.7 Å². The Morgan fingerprint density at radius 1 is 1.07 bits per heavy atom. The van der Waals surface area contributed by atoms with Crippen molar-refractivity contribution in [3.63, 3.8) is 0 Å². The van der Waals surface area contributed by atoms with Gasteiger partial charge in [-0.15, -0.1) is 0 Å². The molecule has 0 saturated heterocycles. The standard InChI is InChI=1S/C20H19FN4O2/c21-18-6-4-16(5-7-18)8-12-24(14-17-3-1-9-22-13-17)19(26)15-25-11-2-10-23-20(25)27/h1-7,9-11,13H,8,12,14-15H2. The van der Waals surface area contributed by atoms with Crippen LogP contribution in [0.1, 0.15) is 11.1 Å². The molecule has 0 unspecified atom stereocenters. The molecule has 0 saturated carbocycles. The van der Waals surface area contributed by atoms with Crippen LogP contribution in [0.5, 0.6) is 0 Å². The van der Waals surface area contributed by atoms with Crippen molar-refractivity contribution < 1.29 is 9.18 Å². The normalized spacial score (nSPS) is 10.6. The van der Waals surface area contributed by atoms with Crippen LogP contribution in [0.25, 0.3) is 0 Å². The second-order valence-corrected chi connectivity index (χ2v) is 6.08. The van der Waals surface area contributed by atoms with Gasteiger partial charge in [0.2, 0.25) is 5.91 Å². The predicted molar refractivity (Wildman–Crippen MR) is 98.3 cm³/mol. The topological polar surface area (TPSA) is 68.1 Å². The predicted octanol–water partition coefficient (Wildman–Crippen LogP) is 2.05. The van der Waals surface area contributed by atoms with Gasteiger partial charge in [-0.3, -0.25) is 14.3 Å². The minimum Gasteiger partial charge on any atom is -0.336 e. The summed E-state index contributed by atoms with van der Waals surface area (Å²) in [6.45, 7) is 0.730. The molecule has 27 heavy (non-hydrogen) atoms. The van der Waals surface area contributed by atoms with Crippen LogP contribution in [-0.2, 0) is 24.3 Å². The van der Waals surface area contributed by atoms with Gasteiger partial charge < -0.3 is 4.90 Å². The highest BCUT2D eigenvalue weighted by atomic mass is 19.1. The molecule has 0 spiro atoms. The number of benzene rings is 1. The van der Waals surface area contributed by atoms with E-state index in [1.54, 1.807) is 35.5 Å². The van der Waals surface area contributed by atoms with Crippen molar-refractivity contribution >= 4 is 5.91 Å². The molecule has 3 aromatic rings. The molecule has 138 valence electrons. The van der Waals surface area contributed by atoms with Crippen molar-refractivity contribution in [2.75, 3.05) is 6.54 Å². The van der Waals surface area contributed by atoms with E-state index < -0.39 is 5.69 Å². The molecule has 0 bridgehead atoms. The Hall–Kier alpha value is -3.35. The average molecular weight is 366 g/mol. The Kier molecular flexibility index (Phi) is 6.04. The van der Waals surface area contributed by atoms with Crippen LogP contribution in [0.3, 0.4) is 0 Å². The van der Waals surface area contributed by atoms with E-state index in [4.69, 9.17) is 0 Å². The molecule has 7 heteroatoms. The average Bonchev–Trinajstić information content (AvgIpc) is 2.69. The number of aromatic nitrogens is 3. The summed E-state index contributed by atoms with van der Waals surface area (Å²) in [7, 11) is 0. The largest absolute Gasteiger partial charge is 0.347 e. The molecular formula is C20H19FN4O2. The van der Waals surface area contributed by atoms with Crippen molar-refractivity contribution in [2.45, 2.75) is 19.5 Å². The van der Waals surface area contributed by atoms with Crippen LogP contribution < -0.4 is 5.69 Å². The van der Waals surface area contributed by atoms with E-state index in [1.807, 2.05) is 12.1 Å². The maximum Gasteiger partial charge on any atom is 0.347 e. The van der Waals surface area contributed by atoms with Crippen LogP contribution in [0.15, 0.2) is 72.0 Å². The second-order valence-electron chi connectivity index (χ2n) is 6.08. The number of nitrogens with zero attached hydrogens (tertiary/aromatic N) is 4. The first-order chi connectivity index (χ1) is 13.1. The number of rotatable bonds is 7. The van der Waals surface area contributed by atoms with Crippen LogP contribution >= 0.6 is 0 Å². The second kappa shape index (κ2) is 8.84.